The second kappa shape index (κ2) is 8.70. The van der Waals surface area contributed by atoms with E-state index in [1.165, 1.54) is 6.92 Å². The highest BCUT2D eigenvalue weighted by Crippen LogP contribution is 1.94. The topological polar surface area (TPSA) is 78.9 Å². The Bertz CT molecular complexity index is 248. The smallest absolute Gasteiger partial charge is 0.344 e. The van der Waals surface area contributed by atoms with E-state index >= 15 is 0 Å². The minimum Gasteiger partial charge on any atom is -0.466 e. The number of carbonyl (C=O) groups excluding carboxylic acids is 3. The van der Waals surface area contributed by atoms with Crippen molar-refractivity contribution in [1.82, 2.24) is 0 Å². The van der Waals surface area contributed by atoms with Crippen molar-refractivity contribution >= 4 is 17.9 Å². The zero-order valence-electron chi connectivity index (χ0n) is 9.49. The van der Waals surface area contributed by atoms with Gasteiger partial charge in [0.25, 0.3) is 0 Å². The van der Waals surface area contributed by atoms with Crippen molar-refractivity contribution in [2.45, 2.75) is 26.7 Å². The third-order valence-electron chi connectivity index (χ3n) is 1.49. The van der Waals surface area contributed by atoms with Crippen molar-refractivity contribution in [2.75, 3.05) is 19.8 Å². The largest absolute Gasteiger partial charge is 0.466 e. The quantitative estimate of drug-likeness (QED) is 0.360. The molecule has 0 radical (unpaired) electrons. The summed E-state index contributed by atoms with van der Waals surface area (Å²) in [6, 6.07) is 0. The molecule has 0 N–H and O–H groups in total. The Hall–Kier alpha value is -1.59. The van der Waals surface area contributed by atoms with Crippen molar-refractivity contribution < 1.29 is 28.6 Å². The zero-order valence-corrected chi connectivity index (χ0v) is 9.49. The second-order valence-corrected chi connectivity index (χ2v) is 2.91. The third kappa shape index (κ3) is 8.98. The molecule has 0 aliphatic rings. The summed E-state index contributed by atoms with van der Waals surface area (Å²) in [5.41, 5.74) is 0. The Kier molecular flexibility index (Phi) is 7.83. The Balaban J connectivity index is 3.44. The summed E-state index contributed by atoms with van der Waals surface area (Å²) in [4.78, 5) is 32.2. The van der Waals surface area contributed by atoms with Gasteiger partial charge in [-0.3, -0.25) is 9.59 Å². The fraction of sp³-hybridized carbons (Fsp3) is 0.700. The van der Waals surface area contributed by atoms with E-state index in [0.717, 1.165) is 0 Å². The lowest BCUT2D eigenvalue weighted by Gasteiger charge is -2.04. The van der Waals surface area contributed by atoms with E-state index in [-0.39, 0.29) is 32.2 Å². The van der Waals surface area contributed by atoms with Gasteiger partial charge in [0.05, 0.1) is 13.2 Å². The highest BCUT2D eigenvalue weighted by atomic mass is 16.6. The molecule has 6 nitrogen and oxygen atoms in total. The molecule has 0 saturated carbocycles. The number of ether oxygens (including phenoxy) is 3. The summed E-state index contributed by atoms with van der Waals surface area (Å²) in [6.45, 7) is 3.00. The number of carbonyl (C=O) groups is 3. The van der Waals surface area contributed by atoms with Gasteiger partial charge >= 0.3 is 17.9 Å². The lowest BCUT2D eigenvalue weighted by molar-refractivity contribution is -0.158. The summed E-state index contributed by atoms with van der Waals surface area (Å²) < 4.78 is 13.8. The molecule has 6 heteroatoms. The first-order valence-corrected chi connectivity index (χ1v) is 5.00. The van der Waals surface area contributed by atoms with Crippen molar-refractivity contribution in [2.24, 2.45) is 0 Å². The van der Waals surface area contributed by atoms with Gasteiger partial charge in [-0.1, -0.05) is 0 Å². The van der Waals surface area contributed by atoms with Gasteiger partial charge in [-0.2, -0.15) is 0 Å². The SMILES string of the molecule is CCOC(=O)COC(=O)CCCOC(C)=O. The highest BCUT2D eigenvalue weighted by Gasteiger charge is 2.07. The summed E-state index contributed by atoms with van der Waals surface area (Å²) in [5, 5.41) is 0. The van der Waals surface area contributed by atoms with Gasteiger partial charge in [0.1, 0.15) is 0 Å². The van der Waals surface area contributed by atoms with E-state index in [9.17, 15) is 14.4 Å². The molecular weight excluding hydrogens is 216 g/mol. The molecule has 0 unspecified atom stereocenters. The van der Waals surface area contributed by atoms with Crippen LogP contribution in [-0.4, -0.2) is 37.7 Å². The molecule has 0 aliphatic heterocycles. The van der Waals surface area contributed by atoms with E-state index in [1.807, 2.05) is 0 Å². The van der Waals surface area contributed by atoms with Crippen LogP contribution < -0.4 is 0 Å². The molecule has 0 aromatic heterocycles. The predicted molar refractivity (Wildman–Crippen MR) is 53.5 cm³/mol. The molecule has 0 amide bonds. The molecule has 0 bridgehead atoms. The van der Waals surface area contributed by atoms with Gasteiger partial charge in [0, 0.05) is 13.3 Å². The third-order valence-corrected chi connectivity index (χ3v) is 1.49. The van der Waals surface area contributed by atoms with Crippen LogP contribution in [0.1, 0.15) is 26.7 Å². The summed E-state index contributed by atoms with van der Waals surface area (Å²) in [6.07, 6.45) is 0.480. The standard InChI is InChI=1S/C10H16O6/c1-3-14-10(13)7-16-9(12)5-4-6-15-8(2)11/h3-7H2,1-2H3. The van der Waals surface area contributed by atoms with Gasteiger partial charge in [0.2, 0.25) is 0 Å². The zero-order chi connectivity index (χ0) is 12.4. The van der Waals surface area contributed by atoms with Crippen molar-refractivity contribution in [3.63, 3.8) is 0 Å². The normalized spacial score (nSPS) is 9.38. The molecule has 0 atom stereocenters. The van der Waals surface area contributed by atoms with Crippen LogP contribution in [0.25, 0.3) is 0 Å². The van der Waals surface area contributed by atoms with Crippen LogP contribution in [0.15, 0.2) is 0 Å². The van der Waals surface area contributed by atoms with E-state index in [4.69, 9.17) is 0 Å². The minimum absolute atomic E-state index is 0.104. The van der Waals surface area contributed by atoms with E-state index in [0.29, 0.717) is 6.42 Å². The molecule has 0 aliphatic carbocycles. The molecule has 0 spiro atoms. The van der Waals surface area contributed by atoms with Gasteiger partial charge in [-0.05, 0) is 13.3 Å². The van der Waals surface area contributed by atoms with Gasteiger partial charge < -0.3 is 14.2 Å². The number of hydrogen-bond acceptors (Lipinski definition) is 6. The van der Waals surface area contributed by atoms with Crippen molar-refractivity contribution in [3.05, 3.63) is 0 Å². The molecule has 0 aromatic rings. The molecule has 0 aromatic carbocycles. The number of rotatable bonds is 7. The first kappa shape index (κ1) is 14.4. The minimum atomic E-state index is -0.573. The number of hydrogen-bond donors (Lipinski definition) is 0. The lowest BCUT2D eigenvalue weighted by Crippen LogP contribution is -2.16. The van der Waals surface area contributed by atoms with Crippen LogP contribution in [0.2, 0.25) is 0 Å². The first-order chi connectivity index (χ1) is 7.56. The Labute approximate surface area is 93.8 Å². The maximum absolute atomic E-state index is 11.0. The molecular formula is C10H16O6. The molecule has 0 fully saturated rings. The second-order valence-electron chi connectivity index (χ2n) is 2.91. The maximum Gasteiger partial charge on any atom is 0.344 e. The Morgan fingerprint density at radius 3 is 2.25 bits per heavy atom. The van der Waals surface area contributed by atoms with E-state index in [2.05, 4.69) is 14.2 Å². The molecule has 92 valence electrons. The Morgan fingerprint density at radius 1 is 1.00 bits per heavy atom. The van der Waals surface area contributed by atoms with Gasteiger partial charge in [-0.25, -0.2) is 4.79 Å². The molecule has 0 saturated heterocycles. The summed E-state index contributed by atoms with van der Waals surface area (Å²) in [5.74, 6) is -1.48. The number of esters is 3. The van der Waals surface area contributed by atoms with Crippen LogP contribution in [0.3, 0.4) is 0 Å². The Morgan fingerprint density at radius 2 is 1.69 bits per heavy atom. The molecule has 0 rings (SSSR count). The van der Waals surface area contributed by atoms with Gasteiger partial charge in [-0.15, -0.1) is 0 Å². The van der Waals surface area contributed by atoms with E-state index in [1.54, 1.807) is 6.92 Å². The summed E-state index contributed by atoms with van der Waals surface area (Å²) in [7, 11) is 0. The van der Waals surface area contributed by atoms with Crippen molar-refractivity contribution in [3.8, 4) is 0 Å². The first-order valence-electron chi connectivity index (χ1n) is 5.00. The average Bonchev–Trinajstić information content (AvgIpc) is 2.22. The monoisotopic (exact) mass is 232 g/mol. The highest BCUT2D eigenvalue weighted by molar-refractivity contribution is 5.76. The van der Waals surface area contributed by atoms with E-state index < -0.39 is 11.9 Å². The fourth-order valence-corrected chi connectivity index (χ4v) is 0.847. The van der Waals surface area contributed by atoms with Crippen molar-refractivity contribution in [1.29, 1.82) is 0 Å². The summed E-state index contributed by atoms with van der Waals surface area (Å²) >= 11 is 0. The van der Waals surface area contributed by atoms with Gasteiger partial charge in [0.15, 0.2) is 6.61 Å². The average molecular weight is 232 g/mol. The van der Waals surface area contributed by atoms with Crippen LogP contribution in [0.5, 0.6) is 0 Å². The van der Waals surface area contributed by atoms with Crippen LogP contribution in [0, 0.1) is 0 Å². The lowest BCUT2D eigenvalue weighted by atomic mass is 10.3. The van der Waals surface area contributed by atoms with Crippen LogP contribution in [-0.2, 0) is 28.6 Å². The fourth-order valence-electron chi connectivity index (χ4n) is 0.847. The molecule has 16 heavy (non-hydrogen) atoms. The predicted octanol–water partition coefficient (Wildman–Crippen LogP) is 0.436. The van der Waals surface area contributed by atoms with Crippen LogP contribution in [0.4, 0.5) is 0 Å². The van der Waals surface area contributed by atoms with Crippen LogP contribution >= 0.6 is 0 Å². The molecule has 0 heterocycles. The maximum atomic E-state index is 11.0.